The molecule has 2 unspecified atom stereocenters. The van der Waals surface area contributed by atoms with Crippen LogP contribution in [0.3, 0.4) is 0 Å². The Labute approximate surface area is 90.7 Å². The fourth-order valence-corrected chi connectivity index (χ4v) is 2.68. The third-order valence-corrected chi connectivity index (χ3v) is 3.34. The number of hydrogen-bond acceptors (Lipinski definition) is 1. The summed E-state index contributed by atoms with van der Waals surface area (Å²) >= 11 is 0. The Bertz CT molecular complexity index is 352. The Hall–Kier alpha value is -1.31. The van der Waals surface area contributed by atoms with Crippen LogP contribution in [0.25, 0.3) is 0 Å². The van der Waals surface area contributed by atoms with Crippen LogP contribution in [0, 0.1) is 5.92 Å². The van der Waals surface area contributed by atoms with Gasteiger partial charge in [0, 0.05) is 17.5 Å². The summed E-state index contributed by atoms with van der Waals surface area (Å²) < 4.78 is 0. The molecule has 2 nitrogen and oxygen atoms in total. The summed E-state index contributed by atoms with van der Waals surface area (Å²) in [5, 5.41) is 3.08. The lowest BCUT2D eigenvalue weighted by Gasteiger charge is -2.29. The average Bonchev–Trinajstić information content (AvgIpc) is 2.66. The molecule has 1 N–H and O–H groups in total. The first-order chi connectivity index (χ1) is 7.27. The van der Waals surface area contributed by atoms with Crippen molar-refractivity contribution in [1.82, 2.24) is 5.32 Å². The second kappa shape index (κ2) is 4.05. The molecule has 2 heteroatoms. The third-order valence-electron chi connectivity index (χ3n) is 3.34. The molecule has 0 aromatic carbocycles. The molecule has 15 heavy (non-hydrogen) atoms. The fourth-order valence-electron chi connectivity index (χ4n) is 2.68. The van der Waals surface area contributed by atoms with E-state index in [0.717, 1.165) is 17.6 Å². The molecule has 1 fully saturated rings. The smallest absolute Gasteiger partial charge is 0.251 e. The van der Waals surface area contributed by atoms with Gasteiger partial charge in [-0.3, -0.25) is 4.79 Å². The van der Waals surface area contributed by atoms with E-state index >= 15 is 0 Å². The van der Waals surface area contributed by atoms with Crippen molar-refractivity contribution < 1.29 is 4.79 Å². The quantitative estimate of drug-likeness (QED) is 0.733. The van der Waals surface area contributed by atoms with Crippen LogP contribution in [0.2, 0.25) is 0 Å². The normalized spacial score (nSPS) is 30.6. The van der Waals surface area contributed by atoms with Crippen molar-refractivity contribution in [2.24, 2.45) is 5.92 Å². The van der Waals surface area contributed by atoms with Gasteiger partial charge in [0.15, 0.2) is 0 Å². The predicted molar refractivity (Wildman–Crippen MR) is 61.3 cm³/mol. The maximum atomic E-state index is 11.8. The summed E-state index contributed by atoms with van der Waals surface area (Å²) in [4.78, 5) is 11.8. The van der Waals surface area contributed by atoms with E-state index < -0.39 is 0 Å². The van der Waals surface area contributed by atoms with E-state index in [-0.39, 0.29) is 5.91 Å². The summed E-state index contributed by atoms with van der Waals surface area (Å²) in [7, 11) is 0. The van der Waals surface area contributed by atoms with Gasteiger partial charge >= 0.3 is 0 Å². The Morgan fingerprint density at radius 1 is 1.47 bits per heavy atom. The van der Waals surface area contributed by atoms with Gasteiger partial charge in [-0.25, -0.2) is 0 Å². The highest BCUT2D eigenvalue weighted by atomic mass is 16.1. The topological polar surface area (TPSA) is 29.1 Å². The minimum Gasteiger partial charge on any atom is -0.349 e. The van der Waals surface area contributed by atoms with Gasteiger partial charge in [0.1, 0.15) is 0 Å². The van der Waals surface area contributed by atoms with Gasteiger partial charge in [0.25, 0.3) is 5.91 Å². The van der Waals surface area contributed by atoms with E-state index in [2.05, 4.69) is 11.9 Å². The van der Waals surface area contributed by atoms with Gasteiger partial charge in [0.05, 0.1) is 0 Å². The molecule has 0 aromatic rings. The lowest BCUT2D eigenvalue weighted by molar-refractivity contribution is -0.118. The summed E-state index contributed by atoms with van der Waals surface area (Å²) in [6.07, 6.45) is 9.14. The van der Waals surface area contributed by atoms with Crippen molar-refractivity contribution in [3.8, 4) is 0 Å². The molecule has 2 aliphatic rings. The molecule has 1 aliphatic heterocycles. The highest BCUT2D eigenvalue weighted by Crippen LogP contribution is 2.37. The monoisotopic (exact) mass is 203 g/mol. The van der Waals surface area contributed by atoms with Crippen LogP contribution in [0.4, 0.5) is 0 Å². The number of nitrogens with one attached hydrogen (secondary N) is 1. The van der Waals surface area contributed by atoms with Gasteiger partial charge in [-0.1, -0.05) is 31.2 Å². The fraction of sp³-hybridized carbons (Fsp3) is 0.462. The van der Waals surface area contributed by atoms with E-state index in [1.165, 1.54) is 12.8 Å². The van der Waals surface area contributed by atoms with E-state index in [0.29, 0.717) is 12.0 Å². The van der Waals surface area contributed by atoms with Crippen LogP contribution in [-0.2, 0) is 4.79 Å². The second-order valence-electron chi connectivity index (χ2n) is 4.19. The number of hydrogen-bond donors (Lipinski definition) is 1. The number of amides is 1. The lowest BCUT2D eigenvalue weighted by atomic mass is 9.86. The summed E-state index contributed by atoms with van der Waals surface area (Å²) in [6.45, 7) is 5.77. The van der Waals surface area contributed by atoms with E-state index in [1.54, 1.807) is 0 Å². The molecule has 80 valence electrons. The first kappa shape index (κ1) is 10.2. The largest absolute Gasteiger partial charge is 0.349 e. The van der Waals surface area contributed by atoms with Crippen LogP contribution in [0.5, 0.6) is 0 Å². The Kier molecular flexibility index (Phi) is 2.76. The van der Waals surface area contributed by atoms with Gasteiger partial charge in [-0.15, -0.1) is 0 Å². The molecule has 0 bridgehead atoms. The summed E-state index contributed by atoms with van der Waals surface area (Å²) in [5.74, 6) is 0.553. The number of allylic oxidation sites excluding steroid dienone is 2. The van der Waals surface area contributed by atoms with Gasteiger partial charge in [-0.05, 0) is 25.3 Å². The number of carbonyl (C=O) groups is 1. The molecule has 0 radical (unpaired) electrons. The predicted octanol–water partition coefficient (Wildman–Crippen LogP) is 2.34. The Morgan fingerprint density at radius 3 is 2.93 bits per heavy atom. The van der Waals surface area contributed by atoms with Crippen molar-refractivity contribution >= 4 is 5.91 Å². The third kappa shape index (κ3) is 1.65. The van der Waals surface area contributed by atoms with Crippen LogP contribution in [0.15, 0.2) is 36.0 Å². The molecular formula is C13H17NO. The molecule has 2 atom stereocenters. The zero-order chi connectivity index (χ0) is 10.8. The molecule has 0 aromatic heterocycles. The Balaban J connectivity index is 2.43. The number of carbonyl (C=O) groups excluding carboxylic acids is 1. The second-order valence-corrected chi connectivity index (χ2v) is 4.19. The minimum absolute atomic E-state index is 0.0613. The SMILES string of the molecule is C=CC1=C(/C=C\C)C(=O)NC2CCCC12. The van der Waals surface area contributed by atoms with Crippen molar-refractivity contribution in [3.63, 3.8) is 0 Å². The van der Waals surface area contributed by atoms with E-state index in [1.807, 2.05) is 25.2 Å². The summed E-state index contributed by atoms with van der Waals surface area (Å²) in [5.41, 5.74) is 1.94. The average molecular weight is 203 g/mol. The standard InChI is InChI=1S/C13H17NO/c1-3-6-11-9(4-2)10-7-5-8-12(10)14-13(11)15/h3-4,6,10,12H,2,5,7-8H2,1H3,(H,14,15)/b6-3-. The van der Waals surface area contributed by atoms with Crippen molar-refractivity contribution in [1.29, 1.82) is 0 Å². The van der Waals surface area contributed by atoms with Crippen LogP contribution in [-0.4, -0.2) is 11.9 Å². The van der Waals surface area contributed by atoms with Crippen LogP contribution < -0.4 is 5.32 Å². The van der Waals surface area contributed by atoms with Crippen LogP contribution >= 0.6 is 0 Å². The minimum atomic E-state index is 0.0613. The molecule has 1 heterocycles. The van der Waals surface area contributed by atoms with Crippen LogP contribution in [0.1, 0.15) is 26.2 Å². The van der Waals surface area contributed by atoms with Gasteiger partial charge < -0.3 is 5.32 Å². The van der Waals surface area contributed by atoms with Crippen molar-refractivity contribution in [2.45, 2.75) is 32.2 Å². The zero-order valence-corrected chi connectivity index (χ0v) is 9.12. The molecular weight excluding hydrogens is 186 g/mol. The molecule has 1 amide bonds. The lowest BCUT2D eigenvalue weighted by Crippen LogP contribution is -2.43. The highest BCUT2D eigenvalue weighted by molar-refractivity contribution is 5.98. The van der Waals surface area contributed by atoms with Gasteiger partial charge in [-0.2, -0.15) is 0 Å². The number of fused-ring (bicyclic) bond motifs is 1. The van der Waals surface area contributed by atoms with E-state index in [9.17, 15) is 4.79 Å². The van der Waals surface area contributed by atoms with Gasteiger partial charge in [0.2, 0.25) is 0 Å². The van der Waals surface area contributed by atoms with Crippen molar-refractivity contribution in [2.75, 3.05) is 0 Å². The maximum absolute atomic E-state index is 11.8. The Morgan fingerprint density at radius 2 is 2.27 bits per heavy atom. The first-order valence-electron chi connectivity index (χ1n) is 5.58. The summed E-state index contributed by atoms with van der Waals surface area (Å²) in [6, 6.07) is 0.347. The van der Waals surface area contributed by atoms with E-state index in [4.69, 9.17) is 0 Å². The highest BCUT2D eigenvalue weighted by Gasteiger charge is 2.36. The maximum Gasteiger partial charge on any atom is 0.251 e. The number of rotatable bonds is 2. The molecule has 0 saturated heterocycles. The first-order valence-corrected chi connectivity index (χ1v) is 5.58. The van der Waals surface area contributed by atoms with Crippen molar-refractivity contribution in [3.05, 3.63) is 36.0 Å². The molecule has 0 spiro atoms. The molecule has 1 saturated carbocycles. The molecule has 2 rings (SSSR count). The molecule has 1 aliphatic carbocycles. The zero-order valence-electron chi connectivity index (χ0n) is 9.12.